The molecule has 1 aromatic heterocycles. The molecule has 0 saturated heterocycles. The highest BCUT2D eigenvalue weighted by Crippen LogP contribution is 2.21. The van der Waals surface area contributed by atoms with Gasteiger partial charge < -0.3 is 5.11 Å². The van der Waals surface area contributed by atoms with E-state index >= 15 is 0 Å². The third-order valence-corrected chi connectivity index (χ3v) is 2.11. The van der Waals surface area contributed by atoms with Gasteiger partial charge >= 0.3 is 0 Å². The van der Waals surface area contributed by atoms with Gasteiger partial charge in [0.1, 0.15) is 0 Å². The van der Waals surface area contributed by atoms with E-state index in [-0.39, 0.29) is 12.6 Å². The molecule has 1 heterocycles. The van der Waals surface area contributed by atoms with Crippen LogP contribution in [0.5, 0.6) is 0 Å². The monoisotopic (exact) mass is 206 g/mol. The van der Waals surface area contributed by atoms with Crippen LogP contribution in [0.1, 0.15) is 31.0 Å². The van der Waals surface area contributed by atoms with Gasteiger partial charge in [0.25, 0.3) is 0 Å². The van der Waals surface area contributed by atoms with Gasteiger partial charge in [-0.15, -0.1) is 0 Å². The van der Waals surface area contributed by atoms with E-state index < -0.39 is 0 Å². The lowest BCUT2D eigenvalue weighted by atomic mass is 10.1. The van der Waals surface area contributed by atoms with Gasteiger partial charge in [-0.3, -0.25) is 4.98 Å². The van der Waals surface area contributed by atoms with Crippen molar-refractivity contribution in [3.05, 3.63) is 40.5 Å². The fraction of sp³-hybridized carbons (Fsp3) is 0.500. The Bertz CT molecular complexity index is 321. The molecule has 80 valence electrons. The Hall–Kier alpha value is -1.58. The topological polar surface area (TPSA) is 81.9 Å². The number of rotatable bonds is 6. The van der Waals surface area contributed by atoms with Crippen LogP contribution in [-0.2, 0) is 0 Å². The Labute approximate surface area is 88.4 Å². The molecule has 0 spiro atoms. The smallest absolute Gasteiger partial charge is 0.0797 e. The van der Waals surface area contributed by atoms with Gasteiger partial charge in [0, 0.05) is 23.4 Å². The second-order valence-electron chi connectivity index (χ2n) is 3.19. The maximum atomic E-state index is 8.66. The van der Waals surface area contributed by atoms with Gasteiger partial charge in [-0.2, -0.15) is 0 Å². The summed E-state index contributed by atoms with van der Waals surface area (Å²) in [5, 5.41) is 12.4. The summed E-state index contributed by atoms with van der Waals surface area (Å²) >= 11 is 0. The van der Waals surface area contributed by atoms with Crippen LogP contribution in [0.2, 0.25) is 0 Å². The first-order valence-electron chi connectivity index (χ1n) is 4.94. The minimum absolute atomic E-state index is 0.172. The van der Waals surface area contributed by atoms with Crippen molar-refractivity contribution in [1.82, 2.24) is 4.98 Å². The summed E-state index contributed by atoms with van der Waals surface area (Å²) in [6, 6.07) is 5.32. The van der Waals surface area contributed by atoms with E-state index in [1.54, 1.807) is 6.20 Å². The Balaban J connectivity index is 2.62. The second kappa shape index (κ2) is 6.81. The predicted molar refractivity (Wildman–Crippen MR) is 57.1 cm³/mol. The number of aliphatic hydroxyl groups is 1. The van der Waals surface area contributed by atoms with Crippen molar-refractivity contribution >= 4 is 0 Å². The molecule has 0 amide bonds. The molecule has 1 N–H and O–H groups in total. The van der Waals surface area contributed by atoms with Crippen molar-refractivity contribution in [2.45, 2.75) is 25.3 Å². The highest BCUT2D eigenvalue weighted by molar-refractivity contribution is 5.08. The molecule has 0 bridgehead atoms. The largest absolute Gasteiger partial charge is 0.396 e. The van der Waals surface area contributed by atoms with Gasteiger partial charge in [-0.05, 0) is 30.5 Å². The van der Waals surface area contributed by atoms with E-state index in [1.165, 1.54) is 0 Å². The molecule has 1 atom stereocenters. The molecule has 1 aromatic rings. The van der Waals surface area contributed by atoms with Crippen molar-refractivity contribution in [1.29, 1.82) is 0 Å². The highest BCUT2D eigenvalue weighted by Gasteiger charge is 2.09. The Kier molecular flexibility index (Phi) is 5.22. The van der Waals surface area contributed by atoms with E-state index in [2.05, 4.69) is 15.0 Å². The maximum absolute atomic E-state index is 8.66. The van der Waals surface area contributed by atoms with Crippen LogP contribution in [0.4, 0.5) is 0 Å². The first-order valence-corrected chi connectivity index (χ1v) is 4.94. The standard InChI is InChI=1S/C10H14N4O/c11-14-13-10(6-2-4-8-15)9-5-1-3-7-12-9/h1,3,5,7,10,15H,2,4,6,8H2. The minimum atomic E-state index is -0.220. The molecule has 0 saturated carbocycles. The number of hydrogen-bond acceptors (Lipinski definition) is 3. The Morgan fingerprint density at radius 3 is 2.93 bits per heavy atom. The number of aliphatic hydroxyl groups excluding tert-OH is 1. The van der Waals surface area contributed by atoms with E-state index in [9.17, 15) is 0 Å². The minimum Gasteiger partial charge on any atom is -0.396 e. The fourth-order valence-electron chi connectivity index (χ4n) is 1.35. The van der Waals surface area contributed by atoms with E-state index in [1.807, 2.05) is 18.2 Å². The normalized spacial score (nSPS) is 11.8. The van der Waals surface area contributed by atoms with Gasteiger partial charge in [0.05, 0.1) is 6.04 Å². The molecule has 0 aliphatic heterocycles. The molecular weight excluding hydrogens is 192 g/mol. The zero-order valence-corrected chi connectivity index (χ0v) is 8.45. The molecular formula is C10H14N4O. The van der Waals surface area contributed by atoms with E-state index in [4.69, 9.17) is 10.6 Å². The molecule has 0 fully saturated rings. The van der Waals surface area contributed by atoms with Crippen LogP contribution < -0.4 is 0 Å². The zero-order valence-electron chi connectivity index (χ0n) is 8.45. The summed E-state index contributed by atoms with van der Waals surface area (Å²) in [6.07, 6.45) is 3.96. The molecule has 5 heteroatoms. The lowest BCUT2D eigenvalue weighted by Gasteiger charge is -2.09. The van der Waals surface area contributed by atoms with Crippen LogP contribution in [-0.4, -0.2) is 16.7 Å². The molecule has 5 nitrogen and oxygen atoms in total. The SMILES string of the molecule is [N-]=[N+]=NC(CCCCO)c1ccccn1. The third kappa shape index (κ3) is 3.97. The number of pyridine rings is 1. The number of azide groups is 1. The van der Waals surface area contributed by atoms with E-state index in [0.717, 1.165) is 25.0 Å². The second-order valence-corrected chi connectivity index (χ2v) is 3.19. The summed E-state index contributed by atoms with van der Waals surface area (Å²) in [4.78, 5) is 6.96. The fourth-order valence-corrected chi connectivity index (χ4v) is 1.35. The summed E-state index contributed by atoms with van der Waals surface area (Å²) in [5.41, 5.74) is 9.22. The van der Waals surface area contributed by atoms with Gasteiger partial charge in [0.2, 0.25) is 0 Å². The van der Waals surface area contributed by atoms with Crippen LogP contribution in [0.3, 0.4) is 0 Å². The number of hydrogen-bond donors (Lipinski definition) is 1. The third-order valence-electron chi connectivity index (χ3n) is 2.11. The molecule has 0 aliphatic rings. The predicted octanol–water partition coefficient (Wildman–Crippen LogP) is 2.60. The molecule has 1 unspecified atom stereocenters. The summed E-state index contributed by atoms with van der Waals surface area (Å²) in [6.45, 7) is 0.172. The summed E-state index contributed by atoms with van der Waals surface area (Å²) in [5.74, 6) is 0. The molecule has 1 rings (SSSR count). The Morgan fingerprint density at radius 1 is 1.47 bits per heavy atom. The molecule has 15 heavy (non-hydrogen) atoms. The van der Waals surface area contributed by atoms with Crippen molar-refractivity contribution < 1.29 is 5.11 Å². The van der Waals surface area contributed by atoms with Crippen molar-refractivity contribution in [2.24, 2.45) is 5.11 Å². The van der Waals surface area contributed by atoms with Crippen LogP contribution >= 0.6 is 0 Å². The van der Waals surface area contributed by atoms with Crippen LogP contribution in [0.25, 0.3) is 10.4 Å². The number of unbranched alkanes of at least 4 members (excludes halogenated alkanes) is 1. The van der Waals surface area contributed by atoms with Crippen LogP contribution in [0, 0.1) is 0 Å². The van der Waals surface area contributed by atoms with E-state index in [0.29, 0.717) is 0 Å². The summed E-state index contributed by atoms with van der Waals surface area (Å²) in [7, 11) is 0. The average molecular weight is 206 g/mol. The molecule has 0 radical (unpaired) electrons. The number of aromatic nitrogens is 1. The highest BCUT2D eigenvalue weighted by atomic mass is 16.2. The van der Waals surface area contributed by atoms with Crippen LogP contribution in [0.15, 0.2) is 29.5 Å². The lowest BCUT2D eigenvalue weighted by molar-refractivity contribution is 0.281. The van der Waals surface area contributed by atoms with Gasteiger partial charge in [0.15, 0.2) is 0 Å². The lowest BCUT2D eigenvalue weighted by Crippen LogP contribution is -1.98. The maximum Gasteiger partial charge on any atom is 0.0797 e. The average Bonchev–Trinajstić information content (AvgIpc) is 2.29. The van der Waals surface area contributed by atoms with Crippen molar-refractivity contribution in [2.75, 3.05) is 6.61 Å². The van der Waals surface area contributed by atoms with Gasteiger partial charge in [-0.25, -0.2) is 0 Å². The summed E-state index contributed by atoms with van der Waals surface area (Å²) < 4.78 is 0. The molecule has 0 aromatic carbocycles. The van der Waals surface area contributed by atoms with Crippen molar-refractivity contribution in [3.8, 4) is 0 Å². The molecule has 0 aliphatic carbocycles. The number of nitrogens with zero attached hydrogens (tertiary/aromatic N) is 4. The Morgan fingerprint density at radius 2 is 2.33 bits per heavy atom. The van der Waals surface area contributed by atoms with Gasteiger partial charge in [-0.1, -0.05) is 17.6 Å². The van der Waals surface area contributed by atoms with Crippen molar-refractivity contribution in [3.63, 3.8) is 0 Å². The first-order chi connectivity index (χ1) is 7.38. The quantitative estimate of drug-likeness (QED) is 0.336. The zero-order chi connectivity index (χ0) is 10.9. The first kappa shape index (κ1) is 11.5.